The van der Waals surface area contributed by atoms with Crippen molar-refractivity contribution in [1.82, 2.24) is 15.1 Å². The van der Waals surface area contributed by atoms with Crippen molar-refractivity contribution in [1.29, 1.82) is 0 Å². The fourth-order valence-corrected chi connectivity index (χ4v) is 3.14. The Morgan fingerprint density at radius 2 is 2.05 bits per heavy atom. The summed E-state index contributed by atoms with van der Waals surface area (Å²) in [5, 5.41) is 7.94. The minimum absolute atomic E-state index is 0.00629. The summed E-state index contributed by atoms with van der Waals surface area (Å²) in [5.41, 5.74) is 0. The van der Waals surface area contributed by atoms with E-state index in [0.717, 1.165) is 13.1 Å². The van der Waals surface area contributed by atoms with Gasteiger partial charge in [-0.15, -0.1) is 10.2 Å². The van der Waals surface area contributed by atoms with E-state index in [4.69, 9.17) is 9.15 Å². The number of rotatable bonds is 3. The van der Waals surface area contributed by atoms with Crippen LogP contribution in [0, 0.1) is 12.8 Å². The van der Waals surface area contributed by atoms with Crippen molar-refractivity contribution >= 4 is 0 Å². The molecule has 0 spiro atoms. The van der Waals surface area contributed by atoms with Gasteiger partial charge in [0, 0.05) is 32.9 Å². The van der Waals surface area contributed by atoms with Crippen LogP contribution in [-0.4, -0.2) is 47.3 Å². The molecule has 1 aliphatic carbocycles. The molecule has 3 rings (SSSR count). The Morgan fingerprint density at radius 1 is 1.29 bits per heavy atom. The van der Waals surface area contributed by atoms with E-state index in [9.17, 15) is 8.78 Å². The van der Waals surface area contributed by atoms with Crippen LogP contribution in [0.15, 0.2) is 4.42 Å². The van der Waals surface area contributed by atoms with E-state index in [1.807, 2.05) is 0 Å². The molecular weight excluding hydrogens is 280 g/mol. The molecule has 1 saturated heterocycles. The van der Waals surface area contributed by atoms with E-state index in [1.54, 1.807) is 6.92 Å². The van der Waals surface area contributed by atoms with E-state index in [1.165, 1.54) is 0 Å². The zero-order valence-electron chi connectivity index (χ0n) is 12.2. The second-order valence-electron chi connectivity index (χ2n) is 6.04. The summed E-state index contributed by atoms with van der Waals surface area (Å²) in [6, 6.07) is -0.0533. The lowest BCUT2D eigenvalue weighted by atomic mass is 9.86. The van der Waals surface area contributed by atoms with Gasteiger partial charge in [-0.2, -0.15) is 0 Å². The Morgan fingerprint density at radius 3 is 2.71 bits per heavy atom. The highest BCUT2D eigenvalue weighted by Crippen LogP contribution is 2.37. The maximum absolute atomic E-state index is 13.2. The summed E-state index contributed by atoms with van der Waals surface area (Å²) in [7, 11) is 0. The van der Waals surface area contributed by atoms with Gasteiger partial charge in [0.05, 0.1) is 13.2 Å². The fraction of sp³-hybridized carbons (Fsp3) is 0.857. The summed E-state index contributed by atoms with van der Waals surface area (Å²) < 4.78 is 37.5. The predicted molar refractivity (Wildman–Crippen MR) is 71.1 cm³/mol. The number of hydrogen-bond donors (Lipinski definition) is 0. The molecule has 1 aromatic rings. The molecule has 2 heterocycles. The van der Waals surface area contributed by atoms with E-state index in [2.05, 4.69) is 15.1 Å². The average Bonchev–Trinajstić information content (AvgIpc) is 2.88. The van der Waals surface area contributed by atoms with Crippen LogP contribution in [0.2, 0.25) is 0 Å². The van der Waals surface area contributed by atoms with Gasteiger partial charge in [0.25, 0.3) is 0 Å². The van der Waals surface area contributed by atoms with Crippen molar-refractivity contribution < 1.29 is 17.9 Å². The highest BCUT2D eigenvalue weighted by Gasteiger charge is 2.37. The zero-order chi connectivity index (χ0) is 14.9. The second kappa shape index (κ2) is 5.96. The molecule has 2 fully saturated rings. The van der Waals surface area contributed by atoms with Gasteiger partial charge in [0.15, 0.2) is 0 Å². The molecule has 21 heavy (non-hydrogen) atoms. The number of ether oxygens (including phenoxy) is 1. The molecule has 0 N–H and O–H groups in total. The van der Waals surface area contributed by atoms with Gasteiger partial charge in [-0.1, -0.05) is 0 Å². The van der Waals surface area contributed by atoms with Crippen molar-refractivity contribution in [3.8, 4) is 0 Å². The Kier molecular flexibility index (Phi) is 4.21. The minimum Gasteiger partial charge on any atom is -0.424 e. The molecule has 0 bridgehead atoms. The molecule has 118 valence electrons. The van der Waals surface area contributed by atoms with Gasteiger partial charge in [-0.05, 0) is 18.8 Å². The number of alkyl halides is 2. The van der Waals surface area contributed by atoms with Gasteiger partial charge in [0.1, 0.15) is 6.04 Å². The highest BCUT2D eigenvalue weighted by atomic mass is 19.3. The standard InChI is InChI=1S/C14H21F2N3O2/c1-10-17-18-13(21-10)12-9-20-7-6-19(12)8-11-2-4-14(15,16)5-3-11/h11-12H,2-9H2,1H3. The minimum atomic E-state index is -2.47. The van der Waals surface area contributed by atoms with E-state index >= 15 is 0 Å². The largest absolute Gasteiger partial charge is 0.424 e. The first-order chi connectivity index (χ1) is 10.0. The SMILES string of the molecule is Cc1nnc(C2COCCN2CC2CCC(F)(F)CC2)o1. The molecule has 1 aromatic heterocycles. The van der Waals surface area contributed by atoms with Crippen LogP contribution < -0.4 is 0 Å². The van der Waals surface area contributed by atoms with Crippen molar-refractivity contribution in [3.05, 3.63) is 11.8 Å². The summed E-state index contributed by atoms with van der Waals surface area (Å²) in [6.07, 6.45) is 1.18. The molecule has 0 amide bonds. The first-order valence-electron chi connectivity index (χ1n) is 7.53. The van der Waals surface area contributed by atoms with Gasteiger partial charge < -0.3 is 9.15 Å². The molecule has 0 aromatic carbocycles. The molecule has 1 atom stereocenters. The number of aryl methyl sites for hydroxylation is 1. The van der Waals surface area contributed by atoms with Crippen LogP contribution in [0.3, 0.4) is 0 Å². The molecule has 1 aliphatic heterocycles. The molecular formula is C14H21F2N3O2. The van der Waals surface area contributed by atoms with Crippen LogP contribution in [0.25, 0.3) is 0 Å². The smallest absolute Gasteiger partial charge is 0.248 e. The number of aromatic nitrogens is 2. The maximum atomic E-state index is 13.2. The Hall–Kier alpha value is -1.08. The van der Waals surface area contributed by atoms with Crippen LogP contribution in [-0.2, 0) is 4.74 Å². The van der Waals surface area contributed by atoms with Crippen molar-refractivity contribution in [2.75, 3.05) is 26.3 Å². The first-order valence-corrected chi connectivity index (χ1v) is 7.53. The third kappa shape index (κ3) is 3.58. The summed E-state index contributed by atoms with van der Waals surface area (Å²) in [5.74, 6) is -1.06. The Balaban J connectivity index is 1.62. The van der Waals surface area contributed by atoms with Gasteiger partial charge in [0.2, 0.25) is 17.7 Å². The maximum Gasteiger partial charge on any atom is 0.248 e. The zero-order valence-corrected chi connectivity index (χ0v) is 12.2. The predicted octanol–water partition coefficient (Wildman–Crippen LogP) is 2.58. The third-order valence-corrected chi connectivity index (χ3v) is 4.40. The Bertz CT molecular complexity index is 471. The lowest BCUT2D eigenvalue weighted by Gasteiger charge is -2.37. The van der Waals surface area contributed by atoms with Gasteiger partial charge in [-0.25, -0.2) is 8.78 Å². The fourth-order valence-electron chi connectivity index (χ4n) is 3.14. The number of morpholine rings is 1. The van der Waals surface area contributed by atoms with Gasteiger partial charge >= 0.3 is 0 Å². The molecule has 1 unspecified atom stereocenters. The molecule has 0 radical (unpaired) electrons. The number of nitrogens with zero attached hydrogens (tertiary/aromatic N) is 3. The monoisotopic (exact) mass is 301 g/mol. The summed E-state index contributed by atoms with van der Waals surface area (Å²) in [6.45, 7) is 4.51. The number of hydrogen-bond acceptors (Lipinski definition) is 5. The van der Waals surface area contributed by atoms with Crippen LogP contribution >= 0.6 is 0 Å². The van der Waals surface area contributed by atoms with Gasteiger partial charge in [-0.3, -0.25) is 4.90 Å². The third-order valence-electron chi connectivity index (χ3n) is 4.40. The van der Waals surface area contributed by atoms with E-state index in [-0.39, 0.29) is 18.9 Å². The normalized spacial score (nSPS) is 27.9. The molecule has 2 aliphatic rings. The topological polar surface area (TPSA) is 51.4 Å². The molecule has 5 nitrogen and oxygen atoms in total. The average molecular weight is 301 g/mol. The lowest BCUT2D eigenvalue weighted by molar-refractivity contribution is -0.0622. The molecule has 7 heteroatoms. The summed E-state index contributed by atoms with van der Waals surface area (Å²) in [4.78, 5) is 2.24. The van der Waals surface area contributed by atoms with E-state index < -0.39 is 5.92 Å². The van der Waals surface area contributed by atoms with Crippen molar-refractivity contribution in [2.24, 2.45) is 5.92 Å². The van der Waals surface area contributed by atoms with Crippen molar-refractivity contribution in [3.63, 3.8) is 0 Å². The van der Waals surface area contributed by atoms with Crippen LogP contribution in [0.1, 0.15) is 43.5 Å². The number of halogens is 2. The highest BCUT2D eigenvalue weighted by molar-refractivity contribution is 4.93. The van der Waals surface area contributed by atoms with E-state index in [0.29, 0.717) is 43.8 Å². The first kappa shape index (κ1) is 14.8. The van der Waals surface area contributed by atoms with Crippen molar-refractivity contribution in [2.45, 2.75) is 44.6 Å². The quantitative estimate of drug-likeness (QED) is 0.859. The summed E-state index contributed by atoms with van der Waals surface area (Å²) >= 11 is 0. The lowest BCUT2D eigenvalue weighted by Crippen LogP contribution is -2.43. The van der Waals surface area contributed by atoms with Crippen LogP contribution in [0.5, 0.6) is 0 Å². The second-order valence-corrected chi connectivity index (χ2v) is 6.04. The molecule has 1 saturated carbocycles. The van der Waals surface area contributed by atoms with Crippen LogP contribution in [0.4, 0.5) is 8.78 Å². The Labute approximate surface area is 122 Å².